The molecule has 15 heavy (non-hydrogen) atoms. The molecule has 1 aromatic carbocycles. The van der Waals surface area contributed by atoms with Gasteiger partial charge in [0.05, 0.1) is 7.11 Å². The Morgan fingerprint density at radius 3 is 2.07 bits per heavy atom. The van der Waals surface area contributed by atoms with Crippen LogP contribution in [0.1, 0.15) is 50.7 Å². The first-order valence-electron chi connectivity index (χ1n) is 5.34. The maximum atomic E-state index is 13.8. The van der Waals surface area contributed by atoms with Crippen molar-refractivity contribution in [2.24, 2.45) is 0 Å². The highest BCUT2D eigenvalue weighted by molar-refractivity contribution is 5.41. The first kappa shape index (κ1) is 12.0. The minimum Gasteiger partial charge on any atom is -0.496 e. The van der Waals surface area contributed by atoms with E-state index in [-0.39, 0.29) is 11.7 Å². The Hall–Kier alpha value is -1.05. The van der Waals surface area contributed by atoms with E-state index in [0.29, 0.717) is 17.2 Å². The van der Waals surface area contributed by atoms with E-state index in [1.165, 1.54) is 0 Å². The molecule has 0 unspecified atom stereocenters. The van der Waals surface area contributed by atoms with Crippen LogP contribution in [-0.2, 0) is 0 Å². The number of hydrogen-bond donors (Lipinski definition) is 0. The zero-order valence-corrected chi connectivity index (χ0v) is 10.1. The summed E-state index contributed by atoms with van der Waals surface area (Å²) in [6.07, 6.45) is 0. The average Bonchev–Trinajstić information content (AvgIpc) is 2.15. The van der Waals surface area contributed by atoms with E-state index in [4.69, 9.17) is 4.74 Å². The molecular formula is C13H19FO. The SMILES string of the molecule is COc1cc(C(C)C)cc(F)c1C(C)C. The molecule has 0 aliphatic carbocycles. The van der Waals surface area contributed by atoms with Crippen LogP contribution in [0.4, 0.5) is 4.39 Å². The molecule has 0 atom stereocenters. The Morgan fingerprint density at radius 1 is 1.07 bits per heavy atom. The number of benzene rings is 1. The fraction of sp³-hybridized carbons (Fsp3) is 0.538. The standard InChI is InChI=1S/C13H19FO/c1-8(2)10-6-11(14)13(9(3)4)12(7-10)15-5/h6-9H,1-5H3. The summed E-state index contributed by atoms with van der Waals surface area (Å²) in [4.78, 5) is 0. The highest BCUT2D eigenvalue weighted by atomic mass is 19.1. The van der Waals surface area contributed by atoms with E-state index in [1.54, 1.807) is 13.2 Å². The summed E-state index contributed by atoms with van der Waals surface area (Å²) in [6, 6.07) is 3.55. The van der Waals surface area contributed by atoms with E-state index in [9.17, 15) is 4.39 Å². The Balaban J connectivity index is 3.31. The van der Waals surface area contributed by atoms with E-state index in [1.807, 2.05) is 33.8 Å². The summed E-state index contributed by atoms with van der Waals surface area (Å²) < 4.78 is 19.1. The van der Waals surface area contributed by atoms with E-state index < -0.39 is 0 Å². The summed E-state index contributed by atoms with van der Waals surface area (Å²) in [7, 11) is 1.59. The quantitative estimate of drug-likeness (QED) is 0.730. The second-order valence-corrected chi connectivity index (χ2v) is 4.43. The molecule has 0 aromatic heterocycles. The maximum absolute atomic E-state index is 13.8. The molecule has 0 heterocycles. The maximum Gasteiger partial charge on any atom is 0.130 e. The number of hydrogen-bond acceptors (Lipinski definition) is 1. The van der Waals surface area contributed by atoms with Gasteiger partial charge in [-0.1, -0.05) is 27.7 Å². The zero-order chi connectivity index (χ0) is 11.6. The van der Waals surface area contributed by atoms with Gasteiger partial charge in [0.1, 0.15) is 11.6 Å². The van der Waals surface area contributed by atoms with Gasteiger partial charge in [0, 0.05) is 5.56 Å². The van der Waals surface area contributed by atoms with Gasteiger partial charge in [-0.3, -0.25) is 0 Å². The van der Waals surface area contributed by atoms with Crippen LogP contribution in [0.25, 0.3) is 0 Å². The van der Waals surface area contributed by atoms with Gasteiger partial charge in [-0.15, -0.1) is 0 Å². The summed E-state index contributed by atoms with van der Waals surface area (Å²) >= 11 is 0. The summed E-state index contributed by atoms with van der Waals surface area (Å²) in [5, 5.41) is 0. The number of rotatable bonds is 3. The molecule has 0 saturated carbocycles. The van der Waals surface area contributed by atoms with Crippen LogP contribution >= 0.6 is 0 Å². The fourth-order valence-corrected chi connectivity index (χ4v) is 1.68. The third kappa shape index (κ3) is 2.49. The lowest BCUT2D eigenvalue weighted by Crippen LogP contribution is -2.01. The van der Waals surface area contributed by atoms with Gasteiger partial charge in [-0.25, -0.2) is 4.39 Å². The first-order valence-corrected chi connectivity index (χ1v) is 5.34. The smallest absolute Gasteiger partial charge is 0.130 e. The lowest BCUT2D eigenvalue weighted by molar-refractivity contribution is 0.400. The molecule has 0 radical (unpaired) electrons. The minimum atomic E-state index is -0.159. The number of ether oxygens (including phenoxy) is 1. The van der Waals surface area contributed by atoms with E-state index in [2.05, 4.69) is 0 Å². The summed E-state index contributed by atoms with van der Waals surface area (Å²) in [5.74, 6) is 0.956. The second kappa shape index (κ2) is 4.65. The summed E-state index contributed by atoms with van der Waals surface area (Å²) in [6.45, 7) is 8.03. The van der Waals surface area contributed by atoms with E-state index in [0.717, 1.165) is 5.56 Å². The Bertz CT molecular complexity index is 343. The first-order chi connectivity index (χ1) is 6.97. The van der Waals surface area contributed by atoms with Crippen LogP contribution in [0.2, 0.25) is 0 Å². The number of halogens is 1. The van der Waals surface area contributed by atoms with Crippen molar-refractivity contribution in [3.8, 4) is 5.75 Å². The van der Waals surface area contributed by atoms with Crippen molar-refractivity contribution >= 4 is 0 Å². The topological polar surface area (TPSA) is 9.23 Å². The third-order valence-corrected chi connectivity index (χ3v) is 2.58. The normalized spacial score (nSPS) is 11.2. The lowest BCUT2D eigenvalue weighted by Gasteiger charge is -2.16. The minimum absolute atomic E-state index is 0.140. The molecule has 1 aromatic rings. The van der Waals surface area contributed by atoms with Crippen molar-refractivity contribution in [2.75, 3.05) is 7.11 Å². The van der Waals surface area contributed by atoms with Gasteiger partial charge in [0.25, 0.3) is 0 Å². The highest BCUT2D eigenvalue weighted by Gasteiger charge is 2.15. The molecule has 2 heteroatoms. The lowest BCUT2D eigenvalue weighted by atomic mass is 9.95. The molecule has 0 spiro atoms. The molecule has 84 valence electrons. The van der Waals surface area contributed by atoms with Crippen LogP contribution in [0.5, 0.6) is 5.75 Å². The van der Waals surface area contributed by atoms with Gasteiger partial charge in [0.2, 0.25) is 0 Å². The van der Waals surface area contributed by atoms with E-state index >= 15 is 0 Å². The molecule has 0 fully saturated rings. The van der Waals surface area contributed by atoms with Crippen molar-refractivity contribution < 1.29 is 9.13 Å². The van der Waals surface area contributed by atoms with Gasteiger partial charge < -0.3 is 4.74 Å². The van der Waals surface area contributed by atoms with Crippen LogP contribution in [0.15, 0.2) is 12.1 Å². The largest absolute Gasteiger partial charge is 0.496 e. The molecule has 1 rings (SSSR count). The fourth-order valence-electron chi connectivity index (χ4n) is 1.68. The van der Waals surface area contributed by atoms with Crippen molar-refractivity contribution in [3.63, 3.8) is 0 Å². The molecule has 1 nitrogen and oxygen atoms in total. The molecular weight excluding hydrogens is 191 g/mol. The Kier molecular flexibility index (Phi) is 3.72. The molecule has 0 saturated heterocycles. The van der Waals surface area contributed by atoms with Crippen LogP contribution in [-0.4, -0.2) is 7.11 Å². The van der Waals surface area contributed by atoms with Crippen LogP contribution in [0, 0.1) is 5.82 Å². The second-order valence-electron chi connectivity index (χ2n) is 4.43. The van der Waals surface area contributed by atoms with Gasteiger partial charge in [-0.05, 0) is 29.5 Å². The zero-order valence-electron chi connectivity index (χ0n) is 10.1. The molecule has 0 amide bonds. The molecule has 0 aliphatic heterocycles. The predicted molar refractivity (Wildman–Crippen MR) is 61.1 cm³/mol. The molecule has 0 N–H and O–H groups in total. The average molecular weight is 210 g/mol. The number of methoxy groups -OCH3 is 1. The third-order valence-electron chi connectivity index (χ3n) is 2.58. The molecule has 0 aliphatic rings. The van der Waals surface area contributed by atoms with Crippen LogP contribution < -0.4 is 4.74 Å². The van der Waals surface area contributed by atoms with Gasteiger partial charge in [-0.2, -0.15) is 0 Å². The monoisotopic (exact) mass is 210 g/mol. The predicted octanol–water partition coefficient (Wildman–Crippen LogP) is 4.08. The highest BCUT2D eigenvalue weighted by Crippen LogP contribution is 2.32. The van der Waals surface area contributed by atoms with Crippen molar-refractivity contribution in [1.82, 2.24) is 0 Å². The van der Waals surface area contributed by atoms with Gasteiger partial charge >= 0.3 is 0 Å². The Morgan fingerprint density at radius 2 is 1.67 bits per heavy atom. The summed E-state index contributed by atoms with van der Waals surface area (Å²) in [5.41, 5.74) is 1.65. The van der Waals surface area contributed by atoms with Crippen molar-refractivity contribution in [1.29, 1.82) is 0 Å². The van der Waals surface area contributed by atoms with Gasteiger partial charge in [0.15, 0.2) is 0 Å². The van der Waals surface area contributed by atoms with Crippen molar-refractivity contribution in [2.45, 2.75) is 39.5 Å². The molecule has 0 bridgehead atoms. The van der Waals surface area contributed by atoms with Crippen molar-refractivity contribution in [3.05, 3.63) is 29.1 Å². The Labute approximate surface area is 91.3 Å². The van der Waals surface area contributed by atoms with Crippen LogP contribution in [0.3, 0.4) is 0 Å².